The summed E-state index contributed by atoms with van der Waals surface area (Å²) in [6, 6.07) is 0.0662. The fourth-order valence-electron chi connectivity index (χ4n) is 2.86. The molecule has 0 saturated carbocycles. The van der Waals surface area contributed by atoms with Crippen LogP contribution in [0.3, 0.4) is 0 Å². The van der Waals surface area contributed by atoms with Crippen LogP contribution >= 0.6 is 0 Å². The Morgan fingerprint density at radius 2 is 1.96 bits per heavy atom. The Hall–Kier alpha value is -2.87. The van der Waals surface area contributed by atoms with Crippen molar-refractivity contribution in [3.8, 4) is 22.7 Å². The predicted molar refractivity (Wildman–Crippen MR) is 102 cm³/mol. The minimum Gasteiger partial charge on any atom is -0.383 e. The normalized spacial score (nSPS) is 12.2. The Morgan fingerprint density at radius 3 is 2.63 bits per heavy atom. The SMILES string of the molecule is CCc1c(C)noc1-c1cnc(N[C@@H](C)COC)nc1-c1cnc(C)cn1. The minimum atomic E-state index is 0.0662. The van der Waals surface area contributed by atoms with Gasteiger partial charge in [0.2, 0.25) is 5.95 Å². The number of hydrogen-bond acceptors (Lipinski definition) is 8. The van der Waals surface area contributed by atoms with Crippen LogP contribution in [0, 0.1) is 13.8 Å². The molecular weight excluding hydrogens is 344 g/mol. The first-order valence-electron chi connectivity index (χ1n) is 8.90. The summed E-state index contributed by atoms with van der Waals surface area (Å²) in [6.07, 6.45) is 5.96. The first-order chi connectivity index (χ1) is 13.0. The first kappa shape index (κ1) is 18.9. The van der Waals surface area contributed by atoms with E-state index in [9.17, 15) is 0 Å². The van der Waals surface area contributed by atoms with E-state index in [0.29, 0.717) is 29.7 Å². The summed E-state index contributed by atoms with van der Waals surface area (Å²) in [5, 5.41) is 7.34. The van der Waals surface area contributed by atoms with E-state index in [-0.39, 0.29) is 6.04 Å². The predicted octanol–water partition coefficient (Wildman–Crippen LogP) is 3.21. The van der Waals surface area contributed by atoms with Gasteiger partial charge in [0, 0.05) is 31.1 Å². The molecule has 3 heterocycles. The van der Waals surface area contributed by atoms with E-state index in [2.05, 4.69) is 37.3 Å². The van der Waals surface area contributed by atoms with Gasteiger partial charge in [0.25, 0.3) is 0 Å². The Morgan fingerprint density at radius 1 is 1.15 bits per heavy atom. The number of ether oxygens (including phenoxy) is 1. The van der Waals surface area contributed by atoms with Crippen molar-refractivity contribution in [2.75, 3.05) is 19.0 Å². The van der Waals surface area contributed by atoms with Gasteiger partial charge >= 0.3 is 0 Å². The molecule has 0 aliphatic heterocycles. The second-order valence-corrected chi connectivity index (χ2v) is 6.43. The Balaban J connectivity index is 2.10. The van der Waals surface area contributed by atoms with Gasteiger partial charge in [0.05, 0.1) is 29.8 Å². The number of nitrogens with one attached hydrogen (secondary N) is 1. The molecule has 0 radical (unpaired) electrons. The minimum absolute atomic E-state index is 0.0662. The van der Waals surface area contributed by atoms with E-state index < -0.39 is 0 Å². The van der Waals surface area contributed by atoms with Crippen molar-refractivity contribution in [1.82, 2.24) is 25.1 Å². The standard InChI is InChI=1S/C19H24N6O2/c1-6-14-13(4)25-27-18(14)15-8-22-19(23-12(3)10-26-5)24-17(15)16-9-20-11(2)7-21-16/h7-9,12H,6,10H2,1-5H3,(H,22,23,24)/t12-/m0/s1. The van der Waals surface area contributed by atoms with Crippen LogP contribution in [0.25, 0.3) is 22.7 Å². The number of nitrogens with zero attached hydrogens (tertiary/aromatic N) is 5. The molecule has 0 saturated heterocycles. The Labute approximate surface area is 158 Å². The van der Waals surface area contributed by atoms with Crippen LogP contribution in [0.2, 0.25) is 0 Å². The summed E-state index contributed by atoms with van der Waals surface area (Å²) in [5.74, 6) is 1.17. The molecule has 3 aromatic rings. The number of aromatic nitrogens is 5. The van der Waals surface area contributed by atoms with E-state index in [1.165, 1.54) is 0 Å². The largest absolute Gasteiger partial charge is 0.383 e. The lowest BCUT2D eigenvalue weighted by Crippen LogP contribution is -2.22. The van der Waals surface area contributed by atoms with Gasteiger partial charge in [-0.05, 0) is 27.2 Å². The van der Waals surface area contributed by atoms with Crippen molar-refractivity contribution < 1.29 is 9.26 Å². The summed E-state index contributed by atoms with van der Waals surface area (Å²) in [5.41, 5.74) is 4.78. The molecule has 1 atom stereocenters. The second kappa shape index (κ2) is 8.22. The van der Waals surface area contributed by atoms with E-state index in [4.69, 9.17) is 9.26 Å². The van der Waals surface area contributed by atoms with Gasteiger partial charge in [-0.1, -0.05) is 12.1 Å². The van der Waals surface area contributed by atoms with Gasteiger partial charge in [0.1, 0.15) is 11.4 Å². The van der Waals surface area contributed by atoms with Crippen molar-refractivity contribution in [3.63, 3.8) is 0 Å². The molecule has 142 valence electrons. The second-order valence-electron chi connectivity index (χ2n) is 6.43. The lowest BCUT2D eigenvalue weighted by molar-refractivity contribution is 0.190. The summed E-state index contributed by atoms with van der Waals surface area (Å²) in [4.78, 5) is 18.0. The average Bonchev–Trinajstić information content (AvgIpc) is 3.03. The van der Waals surface area contributed by atoms with Gasteiger partial charge < -0.3 is 14.6 Å². The monoisotopic (exact) mass is 368 g/mol. The Kier molecular flexibility index (Phi) is 5.75. The molecular formula is C19H24N6O2. The van der Waals surface area contributed by atoms with Gasteiger partial charge in [-0.2, -0.15) is 0 Å². The van der Waals surface area contributed by atoms with Crippen LogP contribution in [0.5, 0.6) is 0 Å². The summed E-state index contributed by atoms with van der Waals surface area (Å²) in [6.45, 7) is 8.44. The van der Waals surface area contributed by atoms with Crippen molar-refractivity contribution >= 4 is 5.95 Å². The number of rotatable bonds is 7. The fourth-order valence-corrected chi connectivity index (χ4v) is 2.86. The van der Waals surface area contributed by atoms with Crippen molar-refractivity contribution in [3.05, 3.63) is 35.5 Å². The lowest BCUT2D eigenvalue weighted by Gasteiger charge is -2.14. The van der Waals surface area contributed by atoms with Crippen LogP contribution in [-0.2, 0) is 11.2 Å². The third kappa shape index (κ3) is 4.11. The molecule has 0 bridgehead atoms. The molecule has 0 aliphatic rings. The highest BCUT2D eigenvalue weighted by atomic mass is 16.5. The van der Waals surface area contributed by atoms with E-state index in [0.717, 1.165) is 28.9 Å². The summed E-state index contributed by atoms with van der Waals surface area (Å²) >= 11 is 0. The maximum atomic E-state index is 5.60. The highest BCUT2D eigenvalue weighted by Crippen LogP contribution is 2.33. The molecule has 3 rings (SSSR count). The van der Waals surface area contributed by atoms with Crippen molar-refractivity contribution in [1.29, 1.82) is 0 Å². The maximum Gasteiger partial charge on any atom is 0.223 e. The van der Waals surface area contributed by atoms with Gasteiger partial charge in [-0.15, -0.1) is 0 Å². The molecule has 0 spiro atoms. The maximum absolute atomic E-state index is 5.60. The molecule has 0 unspecified atom stereocenters. The van der Waals surface area contributed by atoms with Crippen molar-refractivity contribution in [2.24, 2.45) is 0 Å². The zero-order valence-electron chi connectivity index (χ0n) is 16.3. The number of hydrogen-bond donors (Lipinski definition) is 1. The van der Waals surface area contributed by atoms with Crippen LogP contribution in [0.1, 0.15) is 30.8 Å². The van der Waals surface area contributed by atoms with Gasteiger partial charge in [-0.3, -0.25) is 9.97 Å². The quantitative estimate of drug-likeness (QED) is 0.679. The van der Waals surface area contributed by atoms with Gasteiger partial charge in [-0.25, -0.2) is 9.97 Å². The van der Waals surface area contributed by atoms with Crippen LogP contribution in [0.4, 0.5) is 5.95 Å². The van der Waals surface area contributed by atoms with Gasteiger partial charge in [0.15, 0.2) is 5.76 Å². The van der Waals surface area contributed by atoms with E-state index in [1.54, 1.807) is 25.7 Å². The third-order valence-electron chi connectivity index (χ3n) is 4.19. The van der Waals surface area contributed by atoms with Crippen LogP contribution < -0.4 is 5.32 Å². The summed E-state index contributed by atoms with van der Waals surface area (Å²) < 4.78 is 10.8. The number of methoxy groups -OCH3 is 1. The number of anilines is 1. The molecule has 8 heteroatoms. The third-order valence-corrected chi connectivity index (χ3v) is 4.19. The van der Waals surface area contributed by atoms with Crippen molar-refractivity contribution in [2.45, 2.75) is 40.2 Å². The molecule has 0 aromatic carbocycles. The molecule has 3 aromatic heterocycles. The van der Waals surface area contributed by atoms with Crippen LogP contribution in [-0.4, -0.2) is 44.9 Å². The zero-order valence-corrected chi connectivity index (χ0v) is 16.3. The molecule has 8 nitrogen and oxygen atoms in total. The van der Waals surface area contributed by atoms with E-state index in [1.807, 2.05) is 20.8 Å². The lowest BCUT2D eigenvalue weighted by atomic mass is 10.0. The first-order valence-corrected chi connectivity index (χ1v) is 8.90. The highest BCUT2D eigenvalue weighted by Gasteiger charge is 2.21. The average molecular weight is 368 g/mol. The molecule has 1 N–H and O–H groups in total. The molecule has 0 aliphatic carbocycles. The topological polar surface area (TPSA) is 98.9 Å². The van der Waals surface area contributed by atoms with Crippen LogP contribution in [0.15, 0.2) is 23.1 Å². The highest BCUT2D eigenvalue weighted by molar-refractivity contribution is 5.78. The zero-order chi connectivity index (χ0) is 19.4. The molecule has 0 amide bonds. The fraction of sp³-hybridized carbons (Fsp3) is 0.421. The summed E-state index contributed by atoms with van der Waals surface area (Å²) in [7, 11) is 1.66. The number of aryl methyl sites for hydroxylation is 2. The molecule has 0 fully saturated rings. The Bertz CT molecular complexity index is 907. The molecule has 27 heavy (non-hydrogen) atoms. The smallest absolute Gasteiger partial charge is 0.223 e. The van der Waals surface area contributed by atoms with E-state index >= 15 is 0 Å².